The number of aromatic nitrogens is 4. The number of aryl methyl sites for hydroxylation is 1. The molecule has 10 heteroatoms. The van der Waals surface area contributed by atoms with Crippen molar-refractivity contribution in [1.29, 1.82) is 0 Å². The number of aromatic amines is 1. The van der Waals surface area contributed by atoms with E-state index in [4.69, 9.17) is 5.73 Å². The van der Waals surface area contributed by atoms with Gasteiger partial charge in [-0.3, -0.25) is 0 Å². The summed E-state index contributed by atoms with van der Waals surface area (Å²) in [6, 6.07) is 5.97. The highest BCUT2D eigenvalue weighted by Crippen LogP contribution is 2.26. The molecule has 3 N–H and O–H groups in total. The molecule has 1 aliphatic heterocycles. The smallest absolute Gasteiger partial charge is 0.213 e. The van der Waals surface area contributed by atoms with Gasteiger partial charge < -0.3 is 15.6 Å². The lowest BCUT2D eigenvalue weighted by molar-refractivity contribution is 0.384. The van der Waals surface area contributed by atoms with Gasteiger partial charge >= 0.3 is 0 Å². The number of fused-ring (bicyclic) bond motifs is 1. The molecule has 1 saturated heterocycles. The van der Waals surface area contributed by atoms with Gasteiger partial charge in [0.05, 0.1) is 23.0 Å². The standard InChI is InChI=1S/C18H23N7O2S.H2/c1-3-28(26,27)25-8-6-24(7-9-25)15-11-20-17(19)16(23-15)18-21-13-5-4-12(2)10-14(13)22-18;/h4-5,10-11H,3,6-9H2,1-2H3,(H2,19,20)(H,21,22);1H. The highest BCUT2D eigenvalue weighted by Gasteiger charge is 2.26. The number of piperazine rings is 1. The monoisotopic (exact) mass is 403 g/mol. The molecule has 0 atom stereocenters. The van der Waals surface area contributed by atoms with Crippen molar-refractivity contribution in [1.82, 2.24) is 24.2 Å². The summed E-state index contributed by atoms with van der Waals surface area (Å²) >= 11 is 0. The Morgan fingerprint density at radius 3 is 2.68 bits per heavy atom. The van der Waals surface area contributed by atoms with E-state index in [-0.39, 0.29) is 7.18 Å². The largest absolute Gasteiger partial charge is 0.382 e. The zero-order chi connectivity index (χ0) is 19.9. The van der Waals surface area contributed by atoms with Gasteiger partial charge in [0.1, 0.15) is 5.82 Å². The summed E-state index contributed by atoms with van der Waals surface area (Å²) in [6.07, 6.45) is 1.62. The number of nitrogens with zero attached hydrogens (tertiary/aromatic N) is 5. The van der Waals surface area contributed by atoms with Crippen LogP contribution in [0.2, 0.25) is 0 Å². The van der Waals surface area contributed by atoms with Crippen LogP contribution >= 0.6 is 0 Å². The molecule has 0 unspecified atom stereocenters. The Morgan fingerprint density at radius 1 is 1.21 bits per heavy atom. The molecule has 1 aliphatic rings. The summed E-state index contributed by atoms with van der Waals surface area (Å²) in [7, 11) is -3.17. The fourth-order valence-electron chi connectivity index (χ4n) is 3.33. The predicted octanol–water partition coefficient (Wildman–Crippen LogP) is 1.63. The molecular formula is C18H25N7O2S. The summed E-state index contributed by atoms with van der Waals surface area (Å²) < 4.78 is 25.6. The molecule has 2 aromatic heterocycles. The maximum atomic E-state index is 12.0. The SMILES string of the molecule is CCS(=O)(=O)N1CCN(c2cnc(N)c(-c3nc4ccc(C)cc4[nH]3)n2)CC1.[HH]. The maximum Gasteiger partial charge on any atom is 0.213 e. The van der Waals surface area contributed by atoms with E-state index in [0.717, 1.165) is 16.6 Å². The summed E-state index contributed by atoms with van der Waals surface area (Å²) in [6.45, 7) is 5.65. The number of anilines is 2. The molecule has 0 saturated carbocycles. The second-order valence-electron chi connectivity index (χ2n) is 6.85. The molecule has 0 aliphatic carbocycles. The van der Waals surface area contributed by atoms with Crippen molar-refractivity contribution >= 4 is 32.7 Å². The normalized spacial score (nSPS) is 16.0. The van der Waals surface area contributed by atoms with Crippen molar-refractivity contribution in [3.05, 3.63) is 30.0 Å². The second kappa shape index (κ2) is 7.02. The molecule has 1 aromatic carbocycles. The van der Waals surface area contributed by atoms with E-state index in [0.29, 0.717) is 49.3 Å². The molecule has 28 heavy (non-hydrogen) atoms. The molecule has 3 heterocycles. The predicted molar refractivity (Wildman–Crippen MR) is 112 cm³/mol. The molecule has 3 aromatic rings. The quantitative estimate of drug-likeness (QED) is 0.679. The number of benzene rings is 1. The van der Waals surface area contributed by atoms with Crippen LogP contribution in [0.4, 0.5) is 11.6 Å². The maximum absolute atomic E-state index is 12.0. The third-order valence-corrected chi connectivity index (χ3v) is 6.85. The van der Waals surface area contributed by atoms with Crippen LogP contribution in [0.15, 0.2) is 24.4 Å². The Morgan fingerprint density at radius 2 is 1.96 bits per heavy atom. The van der Waals surface area contributed by atoms with Crippen LogP contribution in [0.5, 0.6) is 0 Å². The Kier molecular flexibility index (Phi) is 4.68. The van der Waals surface area contributed by atoms with Gasteiger partial charge in [-0.25, -0.2) is 23.4 Å². The number of hydrogen-bond donors (Lipinski definition) is 2. The minimum Gasteiger partial charge on any atom is -0.382 e. The van der Waals surface area contributed by atoms with E-state index in [2.05, 4.69) is 19.9 Å². The van der Waals surface area contributed by atoms with Gasteiger partial charge in [-0.15, -0.1) is 0 Å². The van der Waals surface area contributed by atoms with Gasteiger partial charge in [0, 0.05) is 27.6 Å². The molecule has 0 radical (unpaired) electrons. The first-order valence-electron chi connectivity index (χ1n) is 9.19. The highest BCUT2D eigenvalue weighted by atomic mass is 32.2. The number of nitrogens with one attached hydrogen (secondary N) is 1. The number of hydrogen-bond acceptors (Lipinski definition) is 7. The minimum absolute atomic E-state index is 0. The molecule has 0 spiro atoms. The third kappa shape index (κ3) is 3.40. The van der Waals surface area contributed by atoms with Crippen LogP contribution < -0.4 is 10.6 Å². The number of nitrogens with two attached hydrogens (primary N) is 1. The van der Waals surface area contributed by atoms with Crippen LogP contribution in [-0.4, -0.2) is 64.6 Å². The molecule has 0 bridgehead atoms. The molecular weight excluding hydrogens is 378 g/mol. The van der Waals surface area contributed by atoms with Crippen molar-refractivity contribution < 1.29 is 9.84 Å². The average Bonchev–Trinajstić information content (AvgIpc) is 3.11. The molecule has 150 valence electrons. The first-order chi connectivity index (χ1) is 13.4. The number of imidazole rings is 1. The van der Waals surface area contributed by atoms with Crippen molar-refractivity contribution in [2.24, 2.45) is 0 Å². The second-order valence-corrected chi connectivity index (χ2v) is 9.11. The van der Waals surface area contributed by atoms with Crippen molar-refractivity contribution in [2.75, 3.05) is 42.6 Å². The van der Waals surface area contributed by atoms with E-state index in [1.54, 1.807) is 13.1 Å². The Labute approximate surface area is 165 Å². The topological polar surface area (TPSA) is 121 Å². The molecule has 1 fully saturated rings. The van der Waals surface area contributed by atoms with Crippen LogP contribution in [0.25, 0.3) is 22.6 Å². The Balaban J connectivity index is 0.00000240. The van der Waals surface area contributed by atoms with E-state index in [1.165, 1.54) is 4.31 Å². The van der Waals surface area contributed by atoms with E-state index in [1.807, 2.05) is 30.0 Å². The van der Waals surface area contributed by atoms with Gasteiger partial charge in [-0.05, 0) is 31.5 Å². The van der Waals surface area contributed by atoms with Gasteiger partial charge in [0.2, 0.25) is 10.0 Å². The number of rotatable bonds is 4. The first kappa shape index (κ1) is 18.6. The van der Waals surface area contributed by atoms with Crippen molar-refractivity contribution in [2.45, 2.75) is 13.8 Å². The zero-order valence-corrected chi connectivity index (χ0v) is 16.7. The Hall–Kier alpha value is -2.72. The zero-order valence-electron chi connectivity index (χ0n) is 15.9. The molecule has 0 amide bonds. The lowest BCUT2D eigenvalue weighted by atomic mass is 10.2. The van der Waals surface area contributed by atoms with Crippen LogP contribution in [0.3, 0.4) is 0 Å². The van der Waals surface area contributed by atoms with Crippen molar-refractivity contribution in [3.8, 4) is 11.5 Å². The summed E-state index contributed by atoms with van der Waals surface area (Å²) in [5.41, 5.74) is 9.45. The summed E-state index contributed by atoms with van der Waals surface area (Å²) in [5.74, 6) is 1.64. The van der Waals surface area contributed by atoms with Gasteiger partial charge in [0.25, 0.3) is 0 Å². The van der Waals surface area contributed by atoms with Gasteiger partial charge in [0.15, 0.2) is 17.3 Å². The van der Waals surface area contributed by atoms with Crippen LogP contribution in [0.1, 0.15) is 13.9 Å². The molecule has 9 nitrogen and oxygen atoms in total. The fraction of sp³-hybridized carbons (Fsp3) is 0.389. The molecule has 4 rings (SSSR count). The van der Waals surface area contributed by atoms with Gasteiger partial charge in [-0.1, -0.05) is 6.07 Å². The average molecular weight is 404 g/mol. The fourth-order valence-corrected chi connectivity index (χ4v) is 4.41. The highest BCUT2D eigenvalue weighted by molar-refractivity contribution is 7.89. The van der Waals surface area contributed by atoms with Crippen LogP contribution in [-0.2, 0) is 10.0 Å². The number of sulfonamides is 1. The number of nitrogen functional groups attached to an aromatic ring is 1. The van der Waals surface area contributed by atoms with E-state index in [9.17, 15) is 8.42 Å². The van der Waals surface area contributed by atoms with Crippen LogP contribution in [0, 0.1) is 6.92 Å². The first-order valence-corrected chi connectivity index (χ1v) is 10.8. The van der Waals surface area contributed by atoms with Gasteiger partial charge in [-0.2, -0.15) is 4.31 Å². The van der Waals surface area contributed by atoms with Crippen molar-refractivity contribution in [3.63, 3.8) is 0 Å². The number of H-pyrrole nitrogens is 1. The lowest BCUT2D eigenvalue weighted by Crippen LogP contribution is -2.49. The Bertz CT molecular complexity index is 1120. The summed E-state index contributed by atoms with van der Waals surface area (Å²) in [4.78, 5) is 18.8. The van der Waals surface area contributed by atoms with E-state index < -0.39 is 10.0 Å². The lowest BCUT2D eigenvalue weighted by Gasteiger charge is -2.34. The third-order valence-electron chi connectivity index (χ3n) is 4.97. The minimum atomic E-state index is -3.17. The summed E-state index contributed by atoms with van der Waals surface area (Å²) in [5, 5.41) is 0. The van der Waals surface area contributed by atoms with E-state index >= 15 is 0 Å².